The summed E-state index contributed by atoms with van der Waals surface area (Å²) >= 11 is 0. The summed E-state index contributed by atoms with van der Waals surface area (Å²) in [5.74, 6) is -1.71. The van der Waals surface area contributed by atoms with Gasteiger partial charge in [0.05, 0.1) is 13.2 Å². The van der Waals surface area contributed by atoms with Gasteiger partial charge in [-0.05, 0) is 0 Å². The van der Waals surface area contributed by atoms with E-state index < -0.39 is 18.1 Å². The molecule has 0 aromatic rings. The predicted octanol–water partition coefficient (Wildman–Crippen LogP) is -2.12. The van der Waals surface area contributed by atoms with Gasteiger partial charge in [0.25, 0.3) is 0 Å². The van der Waals surface area contributed by atoms with Crippen molar-refractivity contribution in [2.75, 3.05) is 33.4 Å². The maximum Gasteiger partial charge on any atom is 0.332 e. The van der Waals surface area contributed by atoms with Crippen LogP contribution in [0.3, 0.4) is 0 Å². The molecular weight excluding hydrogens is 258 g/mol. The Morgan fingerprint density at radius 2 is 1.84 bits per heavy atom. The van der Waals surface area contributed by atoms with Gasteiger partial charge in [0.15, 0.2) is 6.10 Å². The van der Waals surface area contributed by atoms with Crippen molar-refractivity contribution in [2.24, 2.45) is 0 Å². The summed E-state index contributed by atoms with van der Waals surface area (Å²) in [7, 11) is 1.50. The quantitative estimate of drug-likeness (QED) is 0.306. The van der Waals surface area contributed by atoms with E-state index in [4.69, 9.17) is 14.9 Å². The van der Waals surface area contributed by atoms with Gasteiger partial charge in [-0.3, -0.25) is 4.79 Å². The maximum atomic E-state index is 11.2. The van der Waals surface area contributed by atoms with Crippen LogP contribution in [-0.4, -0.2) is 67.6 Å². The van der Waals surface area contributed by atoms with E-state index in [9.17, 15) is 14.4 Å². The third-order valence-corrected chi connectivity index (χ3v) is 2.03. The molecule has 0 saturated heterocycles. The van der Waals surface area contributed by atoms with Crippen LogP contribution in [0.4, 0.5) is 4.79 Å². The summed E-state index contributed by atoms with van der Waals surface area (Å²) in [6.45, 7) is 0.524. The van der Waals surface area contributed by atoms with Crippen molar-refractivity contribution in [2.45, 2.75) is 12.5 Å². The Hall–Kier alpha value is -1.87. The molecule has 0 unspecified atom stereocenters. The first-order valence-electron chi connectivity index (χ1n) is 5.65. The van der Waals surface area contributed by atoms with E-state index in [1.165, 1.54) is 7.11 Å². The van der Waals surface area contributed by atoms with Crippen LogP contribution < -0.4 is 16.0 Å². The van der Waals surface area contributed by atoms with Crippen molar-refractivity contribution < 1.29 is 29.3 Å². The molecule has 9 heteroatoms. The molecule has 0 heterocycles. The van der Waals surface area contributed by atoms with E-state index >= 15 is 0 Å². The lowest BCUT2D eigenvalue weighted by Gasteiger charge is -2.09. The highest BCUT2D eigenvalue weighted by Gasteiger charge is 2.12. The Balaban J connectivity index is 3.59. The normalized spacial score (nSPS) is 11.5. The lowest BCUT2D eigenvalue weighted by Crippen LogP contribution is -2.43. The zero-order valence-corrected chi connectivity index (χ0v) is 10.6. The molecule has 0 saturated carbocycles. The van der Waals surface area contributed by atoms with Crippen molar-refractivity contribution in [3.05, 3.63) is 0 Å². The number of aliphatic hydroxyl groups is 1. The fourth-order valence-electron chi connectivity index (χ4n) is 1.02. The number of carboxylic acids is 1. The minimum absolute atomic E-state index is 0.00933. The van der Waals surface area contributed by atoms with Crippen molar-refractivity contribution >= 4 is 17.9 Å². The Morgan fingerprint density at radius 1 is 1.16 bits per heavy atom. The van der Waals surface area contributed by atoms with Crippen LogP contribution in [0.25, 0.3) is 0 Å². The molecule has 0 aliphatic heterocycles. The van der Waals surface area contributed by atoms with E-state index in [0.29, 0.717) is 13.2 Å². The number of carbonyl (C=O) groups is 3. The van der Waals surface area contributed by atoms with Gasteiger partial charge < -0.3 is 30.9 Å². The zero-order chi connectivity index (χ0) is 14.7. The fourth-order valence-corrected chi connectivity index (χ4v) is 1.02. The fraction of sp³-hybridized carbons (Fsp3) is 0.700. The minimum atomic E-state index is -1.52. The average molecular weight is 277 g/mol. The molecule has 110 valence electrons. The molecule has 0 aliphatic rings. The second-order valence-electron chi connectivity index (χ2n) is 3.59. The number of methoxy groups -OCH3 is 1. The molecular formula is C10H19N3O6. The first-order valence-corrected chi connectivity index (χ1v) is 5.65. The molecule has 0 rings (SSSR count). The van der Waals surface area contributed by atoms with Gasteiger partial charge in [-0.1, -0.05) is 0 Å². The second kappa shape index (κ2) is 10.1. The molecule has 0 aromatic heterocycles. The monoisotopic (exact) mass is 277 g/mol. The summed E-state index contributed by atoms with van der Waals surface area (Å²) in [6, 6.07) is -0.612. The highest BCUT2D eigenvalue weighted by molar-refractivity contribution is 5.83. The minimum Gasteiger partial charge on any atom is -0.479 e. The summed E-state index contributed by atoms with van der Waals surface area (Å²) in [4.78, 5) is 32.6. The molecule has 9 nitrogen and oxygen atoms in total. The summed E-state index contributed by atoms with van der Waals surface area (Å²) in [5, 5.41) is 24.4. The van der Waals surface area contributed by atoms with Crippen molar-refractivity contribution in [1.82, 2.24) is 16.0 Å². The number of nitrogens with one attached hydrogen (secondary N) is 3. The first kappa shape index (κ1) is 17.1. The van der Waals surface area contributed by atoms with Gasteiger partial charge >= 0.3 is 12.0 Å². The Bertz CT molecular complexity index is 310. The largest absolute Gasteiger partial charge is 0.479 e. The third kappa shape index (κ3) is 9.80. The number of hydrogen-bond donors (Lipinski definition) is 5. The van der Waals surface area contributed by atoms with Gasteiger partial charge in [0, 0.05) is 26.6 Å². The summed E-state index contributed by atoms with van der Waals surface area (Å²) in [5.41, 5.74) is 0. The van der Waals surface area contributed by atoms with Crippen LogP contribution in [0, 0.1) is 0 Å². The smallest absolute Gasteiger partial charge is 0.332 e. The van der Waals surface area contributed by atoms with Crippen molar-refractivity contribution in [1.29, 1.82) is 0 Å². The number of carboxylic acid groups (broad SMARTS) is 1. The lowest BCUT2D eigenvalue weighted by atomic mass is 10.2. The molecule has 0 radical (unpaired) electrons. The molecule has 0 bridgehead atoms. The van der Waals surface area contributed by atoms with E-state index in [1.807, 2.05) is 0 Å². The molecule has 5 N–H and O–H groups in total. The van der Waals surface area contributed by atoms with Crippen LogP contribution in [0.5, 0.6) is 0 Å². The molecule has 0 spiro atoms. The Morgan fingerprint density at radius 3 is 2.42 bits per heavy atom. The lowest BCUT2D eigenvalue weighted by molar-refractivity contribution is -0.146. The predicted molar refractivity (Wildman–Crippen MR) is 64.5 cm³/mol. The van der Waals surface area contributed by atoms with E-state index in [0.717, 1.165) is 0 Å². The number of amides is 3. The van der Waals surface area contributed by atoms with Gasteiger partial charge in [-0.25, -0.2) is 9.59 Å². The molecule has 0 aliphatic carbocycles. The maximum absolute atomic E-state index is 11.2. The molecule has 0 fully saturated rings. The number of urea groups is 1. The number of rotatable bonds is 9. The van der Waals surface area contributed by atoms with Gasteiger partial charge in [-0.2, -0.15) is 0 Å². The van der Waals surface area contributed by atoms with Crippen LogP contribution in [0.15, 0.2) is 0 Å². The van der Waals surface area contributed by atoms with E-state index in [2.05, 4.69) is 16.0 Å². The first-order chi connectivity index (χ1) is 8.97. The van der Waals surface area contributed by atoms with Crippen LogP contribution in [-0.2, 0) is 14.3 Å². The van der Waals surface area contributed by atoms with Crippen LogP contribution in [0.1, 0.15) is 6.42 Å². The van der Waals surface area contributed by atoms with Gasteiger partial charge in [-0.15, -0.1) is 0 Å². The van der Waals surface area contributed by atoms with Crippen molar-refractivity contribution in [3.8, 4) is 0 Å². The van der Waals surface area contributed by atoms with Gasteiger partial charge in [0.2, 0.25) is 5.91 Å². The topological polar surface area (TPSA) is 137 Å². The molecule has 1 atom stereocenters. The Kier molecular flexibility index (Phi) is 9.10. The summed E-state index contributed by atoms with van der Waals surface area (Å²) < 4.78 is 4.73. The highest BCUT2D eigenvalue weighted by Crippen LogP contribution is 1.88. The average Bonchev–Trinajstić information content (AvgIpc) is 2.36. The van der Waals surface area contributed by atoms with Gasteiger partial charge in [0.1, 0.15) is 0 Å². The standard InChI is InChI=1S/C10H19N3O6/c1-19-5-4-11-8(15)6-13-10(18)12-3-2-7(14)9(16)17/h7,14H,2-6H2,1H3,(H,11,15)(H,16,17)(H2,12,13,18)/t7-/m0/s1. The van der Waals surface area contributed by atoms with Crippen LogP contribution in [0.2, 0.25) is 0 Å². The molecule has 3 amide bonds. The number of hydrogen-bond acceptors (Lipinski definition) is 5. The summed E-state index contributed by atoms with van der Waals surface area (Å²) in [6.07, 6.45) is -1.62. The molecule has 19 heavy (non-hydrogen) atoms. The Labute approximate surface area is 110 Å². The van der Waals surface area contributed by atoms with Crippen LogP contribution >= 0.6 is 0 Å². The number of ether oxygens (including phenoxy) is 1. The molecule has 0 aromatic carbocycles. The highest BCUT2D eigenvalue weighted by atomic mass is 16.5. The number of aliphatic hydroxyl groups excluding tert-OH is 1. The third-order valence-electron chi connectivity index (χ3n) is 2.03. The van der Waals surface area contributed by atoms with E-state index in [-0.39, 0.29) is 25.4 Å². The second-order valence-corrected chi connectivity index (χ2v) is 3.59. The number of carbonyl (C=O) groups excluding carboxylic acids is 2. The van der Waals surface area contributed by atoms with Crippen molar-refractivity contribution in [3.63, 3.8) is 0 Å². The zero-order valence-electron chi connectivity index (χ0n) is 10.6. The SMILES string of the molecule is COCCNC(=O)CNC(=O)NCC[C@H](O)C(=O)O. The number of aliphatic carboxylic acids is 1. The van der Waals surface area contributed by atoms with E-state index in [1.54, 1.807) is 0 Å².